The van der Waals surface area contributed by atoms with Crippen LogP contribution in [-0.2, 0) is 4.74 Å². The van der Waals surface area contributed by atoms with Crippen molar-refractivity contribution in [2.24, 2.45) is 0 Å². The molecule has 1 amide bonds. The van der Waals surface area contributed by atoms with Gasteiger partial charge in [-0.1, -0.05) is 0 Å². The van der Waals surface area contributed by atoms with Crippen molar-refractivity contribution in [1.82, 2.24) is 9.97 Å². The van der Waals surface area contributed by atoms with Crippen LogP contribution in [0.4, 0.5) is 5.69 Å². The van der Waals surface area contributed by atoms with Crippen LogP contribution in [0.1, 0.15) is 32.8 Å². The number of benzene rings is 1. The van der Waals surface area contributed by atoms with Gasteiger partial charge in [0.25, 0.3) is 5.91 Å². The zero-order chi connectivity index (χ0) is 17.1. The summed E-state index contributed by atoms with van der Waals surface area (Å²) >= 11 is 1.36. The van der Waals surface area contributed by atoms with Gasteiger partial charge in [-0.15, -0.1) is 11.3 Å². The quantitative estimate of drug-likeness (QED) is 0.735. The Morgan fingerprint density at radius 3 is 2.75 bits per heavy atom. The first kappa shape index (κ1) is 16.1. The van der Waals surface area contributed by atoms with E-state index in [2.05, 4.69) is 15.3 Å². The summed E-state index contributed by atoms with van der Waals surface area (Å²) in [6.07, 6.45) is 2.98. The summed E-state index contributed by atoms with van der Waals surface area (Å²) in [5, 5.41) is 3.65. The average molecular weight is 341 g/mol. The molecule has 1 N–H and O–H groups in total. The fraction of sp³-hybridized carbons (Fsp3) is 0.176. The summed E-state index contributed by atoms with van der Waals surface area (Å²) < 4.78 is 5.96. The normalized spacial score (nSPS) is 10.6. The lowest BCUT2D eigenvalue weighted by atomic mass is 10.2. The van der Waals surface area contributed by atoms with Gasteiger partial charge in [-0.3, -0.25) is 9.78 Å². The molecule has 122 valence electrons. The van der Waals surface area contributed by atoms with Crippen LogP contribution in [0.2, 0.25) is 0 Å². The molecule has 0 fully saturated rings. The van der Waals surface area contributed by atoms with Crippen molar-refractivity contribution in [1.29, 1.82) is 0 Å². The van der Waals surface area contributed by atoms with Gasteiger partial charge >= 0.3 is 5.97 Å². The molecule has 0 aliphatic rings. The van der Waals surface area contributed by atoms with E-state index in [1.165, 1.54) is 17.5 Å². The van der Waals surface area contributed by atoms with Crippen molar-refractivity contribution in [3.63, 3.8) is 0 Å². The van der Waals surface area contributed by atoms with E-state index in [-0.39, 0.29) is 17.6 Å². The SMILES string of the molecule is CCOC(=O)c1cc2cc(NC(=O)c3cnc(C)cn3)ccc2s1. The smallest absolute Gasteiger partial charge is 0.348 e. The highest BCUT2D eigenvalue weighted by atomic mass is 32.1. The van der Waals surface area contributed by atoms with Crippen LogP contribution in [0.15, 0.2) is 36.7 Å². The second kappa shape index (κ2) is 6.76. The summed E-state index contributed by atoms with van der Waals surface area (Å²) in [4.78, 5) is 32.6. The maximum atomic E-state index is 12.2. The van der Waals surface area contributed by atoms with Crippen LogP contribution in [0.5, 0.6) is 0 Å². The van der Waals surface area contributed by atoms with Gasteiger partial charge in [0.15, 0.2) is 0 Å². The Labute approximate surface area is 142 Å². The predicted molar refractivity (Wildman–Crippen MR) is 92.5 cm³/mol. The molecule has 7 heteroatoms. The molecule has 0 radical (unpaired) electrons. The number of thiophene rings is 1. The second-order valence-corrected chi connectivity index (χ2v) is 6.16. The van der Waals surface area contributed by atoms with Gasteiger partial charge < -0.3 is 10.1 Å². The Morgan fingerprint density at radius 1 is 1.21 bits per heavy atom. The lowest BCUT2D eigenvalue weighted by Gasteiger charge is -2.04. The number of esters is 1. The van der Waals surface area contributed by atoms with E-state index >= 15 is 0 Å². The van der Waals surface area contributed by atoms with Gasteiger partial charge in [-0.2, -0.15) is 0 Å². The van der Waals surface area contributed by atoms with E-state index in [9.17, 15) is 9.59 Å². The van der Waals surface area contributed by atoms with E-state index in [0.29, 0.717) is 17.2 Å². The number of ether oxygens (including phenoxy) is 1. The highest BCUT2D eigenvalue weighted by molar-refractivity contribution is 7.20. The summed E-state index contributed by atoms with van der Waals surface area (Å²) in [6.45, 7) is 3.92. The van der Waals surface area contributed by atoms with E-state index in [4.69, 9.17) is 4.74 Å². The zero-order valence-electron chi connectivity index (χ0n) is 13.2. The minimum atomic E-state index is -0.334. The Kier molecular flexibility index (Phi) is 4.52. The number of carbonyl (C=O) groups excluding carboxylic acids is 2. The molecule has 1 aromatic carbocycles. The van der Waals surface area contributed by atoms with Gasteiger partial charge in [0.1, 0.15) is 10.6 Å². The molecular weight excluding hydrogens is 326 g/mol. The monoisotopic (exact) mass is 341 g/mol. The highest BCUT2D eigenvalue weighted by Crippen LogP contribution is 2.28. The first-order valence-electron chi connectivity index (χ1n) is 7.37. The van der Waals surface area contributed by atoms with Crippen LogP contribution in [0, 0.1) is 6.92 Å². The van der Waals surface area contributed by atoms with Gasteiger partial charge in [0.05, 0.1) is 18.5 Å². The lowest BCUT2D eigenvalue weighted by molar-refractivity contribution is 0.0532. The van der Waals surface area contributed by atoms with Gasteiger partial charge in [0.2, 0.25) is 0 Å². The molecule has 24 heavy (non-hydrogen) atoms. The number of aryl methyl sites for hydroxylation is 1. The fourth-order valence-corrected chi connectivity index (χ4v) is 3.07. The van der Waals surface area contributed by atoms with E-state index in [0.717, 1.165) is 15.8 Å². The first-order valence-corrected chi connectivity index (χ1v) is 8.19. The Bertz CT molecular complexity index is 903. The summed E-state index contributed by atoms with van der Waals surface area (Å²) in [5.41, 5.74) is 1.62. The molecule has 0 aliphatic carbocycles. The average Bonchev–Trinajstić information content (AvgIpc) is 2.99. The van der Waals surface area contributed by atoms with Gasteiger partial charge in [0, 0.05) is 16.6 Å². The Hall–Kier alpha value is -2.80. The van der Waals surface area contributed by atoms with Crippen LogP contribution in [0.25, 0.3) is 10.1 Å². The van der Waals surface area contributed by atoms with Crippen LogP contribution in [0.3, 0.4) is 0 Å². The molecule has 3 aromatic rings. The van der Waals surface area contributed by atoms with Crippen molar-refractivity contribution in [2.75, 3.05) is 11.9 Å². The molecule has 0 saturated carbocycles. The number of hydrogen-bond acceptors (Lipinski definition) is 6. The number of aromatic nitrogens is 2. The number of fused-ring (bicyclic) bond motifs is 1. The third-order valence-electron chi connectivity index (χ3n) is 3.26. The molecule has 6 nitrogen and oxygen atoms in total. The Balaban J connectivity index is 1.81. The van der Waals surface area contributed by atoms with Crippen molar-refractivity contribution < 1.29 is 14.3 Å². The molecular formula is C17H15N3O3S. The maximum absolute atomic E-state index is 12.2. The third-order valence-corrected chi connectivity index (χ3v) is 4.36. The van der Waals surface area contributed by atoms with E-state index < -0.39 is 0 Å². The van der Waals surface area contributed by atoms with Crippen molar-refractivity contribution in [3.8, 4) is 0 Å². The summed E-state index contributed by atoms with van der Waals surface area (Å²) in [6, 6.07) is 7.22. The minimum absolute atomic E-state index is 0.248. The molecule has 0 bridgehead atoms. The molecule has 2 aromatic heterocycles. The molecule has 2 heterocycles. The van der Waals surface area contributed by atoms with Crippen LogP contribution < -0.4 is 5.32 Å². The lowest BCUT2D eigenvalue weighted by Crippen LogP contribution is -2.14. The number of nitrogens with zero attached hydrogens (tertiary/aromatic N) is 2. The van der Waals surface area contributed by atoms with Gasteiger partial charge in [-0.25, -0.2) is 9.78 Å². The third kappa shape index (κ3) is 3.41. The van der Waals surface area contributed by atoms with Crippen molar-refractivity contribution >= 4 is 39.0 Å². The van der Waals surface area contributed by atoms with Crippen molar-refractivity contribution in [3.05, 3.63) is 52.9 Å². The largest absolute Gasteiger partial charge is 0.462 e. The fourth-order valence-electron chi connectivity index (χ4n) is 2.13. The topological polar surface area (TPSA) is 81.2 Å². The molecule has 0 saturated heterocycles. The zero-order valence-corrected chi connectivity index (χ0v) is 14.0. The molecule has 0 unspecified atom stereocenters. The summed E-state index contributed by atoms with van der Waals surface area (Å²) in [7, 11) is 0. The van der Waals surface area contributed by atoms with Gasteiger partial charge in [-0.05, 0) is 43.5 Å². The molecule has 0 atom stereocenters. The minimum Gasteiger partial charge on any atom is -0.462 e. The molecule has 3 rings (SSSR count). The number of anilines is 1. The van der Waals surface area contributed by atoms with Crippen LogP contribution in [-0.4, -0.2) is 28.5 Å². The molecule has 0 spiro atoms. The van der Waals surface area contributed by atoms with E-state index in [1.54, 1.807) is 32.2 Å². The van der Waals surface area contributed by atoms with Crippen molar-refractivity contribution in [2.45, 2.75) is 13.8 Å². The predicted octanol–water partition coefficient (Wildman–Crippen LogP) is 3.43. The molecule has 0 aliphatic heterocycles. The standard InChI is InChI=1S/C17H15N3O3S/c1-3-23-17(22)15-7-11-6-12(4-5-14(11)24-15)20-16(21)13-9-18-10(2)8-19-13/h4-9H,3H2,1-2H3,(H,20,21). The second-order valence-electron chi connectivity index (χ2n) is 5.08. The maximum Gasteiger partial charge on any atom is 0.348 e. The Morgan fingerprint density at radius 2 is 2.04 bits per heavy atom. The van der Waals surface area contributed by atoms with Crippen LogP contribution >= 0.6 is 11.3 Å². The number of hydrogen-bond donors (Lipinski definition) is 1. The number of rotatable bonds is 4. The first-order chi connectivity index (χ1) is 11.6. The van der Waals surface area contributed by atoms with E-state index in [1.807, 2.05) is 12.1 Å². The summed E-state index contributed by atoms with van der Waals surface area (Å²) in [5.74, 6) is -0.665. The number of amides is 1. The number of carbonyl (C=O) groups is 2. The highest BCUT2D eigenvalue weighted by Gasteiger charge is 2.13. The number of nitrogens with one attached hydrogen (secondary N) is 1.